The van der Waals surface area contributed by atoms with E-state index in [1.165, 1.54) is 20.4 Å². The molecule has 142 valence electrons. The van der Waals surface area contributed by atoms with E-state index < -0.39 is 5.92 Å². The number of hydrogen-bond donors (Lipinski definition) is 1. The number of pyridine rings is 1. The van der Waals surface area contributed by atoms with Crippen molar-refractivity contribution in [3.8, 4) is 17.4 Å². The van der Waals surface area contributed by atoms with Crippen LogP contribution >= 0.6 is 0 Å². The van der Waals surface area contributed by atoms with Crippen molar-refractivity contribution >= 4 is 23.2 Å². The number of methoxy groups -OCH3 is 3. The topological polar surface area (TPSA) is 90.0 Å². The van der Waals surface area contributed by atoms with Crippen molar-refractivity contribution < 1.29 is 23.8 Å². The highest BCUT2D eigenvalue weighted by Gasteiger charge is 2.36. The van der Waals surface area contributed by atoms with Crippen LogP contribution in [0.1, 0.15) is 6.42 Å². The number of nitrogens with one attached hydrogen (secondary N) is 1. The van der Waals surface area contributed by atoms with E-state index in [1.807, 2.05) is 0 Å². The Bertz CT molecular complexity index is 838. The quantitative estimate of drug-likeness (QED) is 0.836. The minimum atomic E-state index is -0.466. The van der Waals surface area contributed by atoms with E-state index in [1.54, 1.807) is 42.3 Å². The summed E-state index contributed by atoms with van der Waals surface area (Å²) in [5.41, 5.74) is 1.17. The van der Waals surface area contributed by atoms with Crippen LogP contribution in [0.3, 0.4) is 0 Å². The molecule has 1 unspecified atom stereocenters. The molecule has 0 bridgehead atoms. The van der Waals surface area contributed by atoms with Crippen LogP contribution in [-0.2, 0) is 9.59 Å². The van der Waals surface area contributed by atoms with Crippen LogP contribution in [0.15, 0.2) is 36.5 Å². The second kappa shape index (κ2) is 7.94. The fraction of sp³-hybridized carbons (Fsp3) is 0.316. The molecule has 2 heterocycles. The normalized spacial score (nSPS) is 16.2. The van der Waals surface area contributed by atoms with E-state index >= 15 is 0 Å². The van der Waals surface area contributed by atoms with E-state index in [2.05, 4.69) is 10.3 Å². The average molecular weight is 371 g/mol. The molecule has 3 rings (SSSR count). The molecule has 1 aliphatic heterocycles. The van der Waals surface area contributed by atoms with Crippen molar-refractivity contribution in [3.63, 3.8) is 0 Å². The lowest BCUT2D eigenvalue weighted by Crippen LogP contribution is -2.28. The SMILES string of the molecule is COc1ccc(N2CC(C(=O)Nc3ccc(OC)nc3)CC2=O)c(OC)c1. The van der Waals surface area contributed by atoms with E-state index in [9.17, 15) is 9.59 Å². The molecular weight excluding hydrogens is 350 g/mol. The maximum atomic E-state index is 12.5. The lowest BCUT2D eigenvalue weighted by Gasteiger charge is -2.20. The standard InChI is InChI=1S/C19H21N3O5/c1-25-14-5-6-15(16(9-14)26-2)22-11-12(8-18(22)23)19(24)21-13-4-7-17(27-3)20-10-13/h4-7,9-10,12H,8,11H2,1-3H3,(H,21,24). The van der Waals surface area contributed by atoms with Gasteiger partial charge in [-0.3, -0.25) is 9.59 Å². The summed E-state index contributed by atoms with van der Waals surface area (Å²) in [6, 6.07) is 8.57. The molecule has 2 amide bonds. The Morgan fingerprint density at radius 3 is 2.59 bits per heavy atom. The maximum absolute atomic E-state index is 12.5. The molecule has 1 aliphatic rings. The zero-order chi connectivity index (χ0) is 19.4. The molecule has 1 aromatic heterocycles. The van der Waals surface area contributed by atoms with Gasteiger partial charge in [0, 0.05) is 25.1 Å². The van der Waals surface area contributed by atoms with Crippen molar-refractivity contribution in [1.29, 1.82) is 0 Å². The van der Waals surface area contributed by atoms with Gasteiger partial charge in [-0.05, 0) is 18.2 Å². The molecule has 1 N–H and O–H groups in total. The third kappa shape index (κ3) is 3.94. The van der Waals surface area contributed by atoms with Crippen molar-refractivity contribution in [2.45, 2.75) is 6.42 Å². The largest absolute Gasteiger partial charge is 0.497 e. The number of carbonyl (C=O) groups is 2. The second-order valence-electron chi connectivity index (χ2n) is 6.02. The summed E-state index contributed by atoms with van der Waals surface area (Å²) in [7, 11) is 4.61. The first-order valence-corrected chi connectivity index (χ1v) is 8.39. The smallest absolute Gasteiger partial charge is 0.229 e. The zero-order valence-electron chi connectivity index (χ0n) is 15.4. The molecule has 27 heavy (non-hydrogen) atoms. The van der Waals surface area contributed by atoms with E-state index in [4.69, 9.17) is 14.2 Å². The minimum absolute atomic E-state index is 0.130. The highest BCUT2D eigenvalue weighted by atomic mass is 16.5. The first-order valence-electron chi connectivity index (χ1n) is 8.39. The number of nitrogens with zero attached hydrogens (tertiary/aromatic N) is 2. The predicted molar refractivity (Wildman–Crippen MR) is 99.4 cm³/mol. The fourth-order valence-electron chi connectivity index (χ4n) is 2.94. The van der Waals surface area contributed by atoms with Gasteiger partial charge in [-0.15, -0.1) is 0 Å². The molecule has 1 atom stereocenters. The first kappa shape index (κ1) is 18.5. The maximum Gasteiger partial charge on any atom is 0.229 e. The molecule has 0 radical (unpaired) electrons. The van der Waals surface area contributed by atoms with Gasteiger partial charge in [-0.2, -0.15) is 0 Å². The Labute approximate surface area is 157 Å². The van der Waals surface area contributed by atoms with Gasteiger partial charge in [-0.25, -0.2) is 4.98 Å². The average Bonchev–Trinajstić information content (AvgIpc) is 3.09. The third-order valence-electron chi connectivity index (χ3n) is 4.39. The fourth-order valence-corrected chi connectivity index (χ4v) is 2.94. The molecular formula is C19H21N3O5. The molecule has 0 saturated carbocycles. The molecule has 1 aromatic carbocycles. The lowest BCUT2D eigenvalue weighted by atomic mass is 10.1. The summed E-state index contributed by atoms with van der Waals surface area (Å²) < 4.78 is 15.5. The number of benzene rings is 1. The molecule has 8 heteroatoms. The van der Waals surface area contributed by atoms with Crippen molar-refractivity contribution in [3.05, 3.63) is 36.5 Å². The highest BCUT2D eigenvalue weighted by Crippen LogP contribution is 2.36. The number of hydrogen-bond acceptors (Lipinski definition) is 6. The Morgan fingerprint density at radius 1 is 1.15 bits per heavy atom. The van der Waals surface area contributed by atoms with E-state index in [-0.39, 0.29) is 24.8 Å². The summed E-state index contributed by atoms with van der Waals surface area (Å²) in [4.78, 5) is 30.6. The number of carbonyl (C=O) groups excluding carboxylic acids is 2. The Hall–Kier alpha value is -3.29. The van der Waals surface area contributed by atoms with Crippen molar-refractivity contribution in [2.24, 2.45) is 5.92 Å². The number of aromatic nitrogens is 1. The van der Waals surface area contributed by atoms with Gasteiger partial charge in [-0.1, -0.05) is 0 Å². The van der Waals surface area contributed by atoms with Crippen LogP contribution in [0, 0.1) is 5.92 Å². The number of anilines is 2. The van der Waals surface area contributed by atoms with Crippen LogP contribution in [0.2, 0.25) is 0 Å². The van der Waals surface area contributed by atoms with E-state index in [0.29, 0.717) is 28.8 Å². The summed E-state index contributed by atoms with van der Waals surface area (Å²) >= 11 is 0. The monoisotopic (exact) mass is 371 g/mol. The summed E-state index contributed by atoms with van der Waals surface area (Å²) in [5.74, 6) is 0.775. The first-order chi connectivity index (χ1) is 13.0. The summed E-state index contributed by atoms with van der Waals surface area (Å²) in [5, 5.41) is 2.79. The summed E-state index contributed by atoms with van der Waals surface area (Å²) in [6.45, 7) is 0.275. The van der Waals surface area contributed by atoms with Gasteiger partial charge in [0.1, 0.15) is 11.5 Å². The molecule has 1 fully saturated rings. The molecule has 1 saturated heterocycles. The van der Waals surface area contributed by atoms with Crippen LogP contribution in [0.25, 0.3) is 0 Å². The Balaban J connectivity index is 1.72. The number of amides is 2. The van der Waals surface area contributed by atoms with Crippen molar-refractivity contribution in [2.75, 3.05) is 38.1 Å². The molecule has 0 spiro atoms. The summed E-state index contributed by atoms with van der Waals surface area (Å²) in [6.07, 6.45) is 1.64. The predicted octanol–water partition coefficient (Wildman–Crippen LogP) is 2.10. The van der Waals surface area contributed by atoms with E-state index in [0.717, 1.165) is 0 Å². The molecule has 8 nitrogen and oxygen atoms in total. The van der Waals surface area contributed by atoms with Gasteiger partial charge in [0.25, 0.3) is 0 Å². The second-order valence-corrected chi connectivity index (χ2v) is 6.02. The number of rotatable bonds is 6. The van der Waals surface area contributed by atoms with Gasteiger partial charge in [0.15, 0.2) is 0 Å². The minimum Gasteiger partial charge on any atom is -0.497 e. The lowest BCUT2D eigenvalue weighted by molar-refractivity contribution is -0.122. The molecule has 2 aromatic rings. The van der Waals surface area contributed by atoms with Crippen LogP contribution < -0.4 is 24.4 Å². The Morgan fingerprint density at radius 2 is 1.96 bits per heavy atom. The van der Waals surface area contributed by atoms with Gasteiger partial charge in [0.2, 0.25) is 17.7 Å². The van der Waals surface area contributed by atoms with Crippen molar-refractivity contribution in [1.82, 2.24) is 4.98 Å². The van der Waals surface area contributed by atoms with Crippen LogP contribution in [0.4, 0.5) is 11.4 Å². The third-order valence-corrected chi connectivity index (χ3v) is 4.39. The van der Waals surface area contributed by atoms with Gasteiger partial charge < -0.3 is 24.4 Å². The molecule has 0 aliphatic carbocycles. The number of ether oxygens (including phenoxy) is 3. The zero-order valence-corrected chi connectivity index (χ0v) is 15.4. The van der Waals surface area contributed by atoms with Crippen LogP contribution in [0.5, 0.6) is 17.4 Å². The van der Waals surface area contributed by atoms with Gasteiger partial charge >= 0.3 is 0 Å². The Kier molecular flexibility index (Phi) is 5.44. The van der Waals surface area contributed by atoms with Gasteiger partial charge in [0.05, 0.1) is 44.8 Å². The highest BCUT2D eigenvalue weighted by molar-refractivity contribution is 6.04. The van der Waals surface area contributed by atoms with Crippen LogP contribution in [-0.4, -0.2) is 44.7 Å².